The van der Waals surface area contributed by atoms with Gasteiger partial charge in [-0.05, 0) is 53.6 Å². The Balaban J connectivity index is 1.19. The number of fused-ring (bicyclic) bond motifs is 11. The SMILES string of the molecule is c1ccc(-c2ccc(-n3c4ccccc4c4c5c(ccc43)sc3ccc4c6ccccc6n(-c6nc(-c7ccccc7)nc(-c7ccccc7)n6)c4c35)cc2)cc1. The third kappa shape index (κ3) is 4.91. The number of nitrogens with zero attached hydrogens (tertiary/aromatic N) is 5. The zero-order valence-electron chi connectivity index (χ0n) is 30.5. The molecule has 0 fully saturated rings. The molecule has 6 heteroatoms. The van der Waals surface area contributed by atoms with Crippen LogP contribution in [0.4, 0.5) is 0 Å². The Hall–Kier alpha value is -7.41. The van der Waals surface area contributed by atoms with E-state index >= 15 is 0 Å². The molecule has 0 saturated heterocycles. The maximum absolute atomic E-state index is 5.27. The summed E-state index contributed by atoms with van der Waals surface area (Å²) >= 11 is 1.84. The van der Waals surface area contributed by atoms with Crippen molar-refractivity contribution in [2.75, 3.05) is 0 Å². The predicted octanol–water partition coefficient (Wildman–Crippen LogP) is 13.4. The third-order valence-electron chi connectivity index (χ3n) is 11.2. The summed E-state index contributed by atoms with van der Waals surface area (Å²) < 4.78 is 7.16. The van der Waals surface area contributed by atoms with Gasteiger partial charge in [0, 0.05) is 58.5 Å². The predicted molar refractivity (Wildman–Crippen MR) is 238 cm³/mol. The lowest BCUT2D eigenvalue weighted by atomic mass is 10.0. The van der Waals surface area contributed by atoms with Crippen molar-refractivity contribution in [1.82, 2.24) is 24.1 Å². The Morgan fingerprint density at radius 2 is 0.860 bits per heavy atom. The van der Waals surface area contributed by atoms with Crippen LogP contribution in [-0.4, -0.2) is 24.1 Å². The molecule has 0 spiro atoms. The molecule has 0 amide bonds. The average Bonchev–Trinajstić information content (AvgIpc) is 3.95. The summed E-state index contributed by atoms with van der Waals surface area (Å²) in [6.07, 6.45) is 0. The maximum Gasteiger partial charge on any atom is 0.238 e. The molecule has 0 N–H and O–H groups in total. The van der Waals surface area contributed by atoms with Crippen LogP contribution >= 0.6 is 11.3 Å². The molecule has 0 radical (unpaired) electrons. The number of thiophene rings is 1. The summed E-state index contributed by atoms with van der Waals surface area (Å²) in [4.78, 5) is 15.6. The quantitative estimate of drug-likeness (QED) is 0.176. The molecule has 5 nitrogen and oxygen atoms in total. The minimum atomic E-state index is 0.592. The van der Waals surface area contributed by atoms with Gasteiger partial charge in [0.05, 0.1) is 22.1 Å². The van der Waals surface area contributed by atoms with Crippen LogP contribution in [0.15, 0.2) is 188 Å². The zero-order chi connectivity index (χ0) is 37.5. The Kier molecular flexibility index (Phi) is 7.03. The summed E-state index contributed by atoms with van der Waals surface area (Å²) in [7, 11) is 0. The van der Waals surface area contributed by atoms with Crippen LogP contribution in [0.3, 0.4) is 0 Å². The Bertz CT molecular complexity index is 3430. The number of hydrogen-bond donors (Lipinski definition) is 0. The van der Waals surface area contributed by atoms with E-state index in [2.05, 4.69) is 161 Å². The van der Waals surface area contributed by atoms with Gasteiger partial charge in [-0.3, -0.25) is 4.57 Å². The van der Waals surface area contributed by atoms with Crippen molar-refractivity contribution >= 4 is 75.1 Å². The fraction of sp³-hybridized carbons (Fsp3) is 0. The van der Waals surface area contributed by atoms with E-state index in [-0.39, 0.29) is 0 Å². The molecule has 4 aromatic heterocycles. The first-order valence-electron chi connectivity index (χ1n) is 19.1. The number of aromatic nitrogens is 5. The molecule has 8 aromatic carbocycles. The van der Waals surface area contributed by atoms with Crippen molar-refractivity contribution < 1.29 is 0 Å². The Morgan fingerprint density at radius 1 is 0.333 bits per heavy atom. The second-order valence-corrected chi connectivity index (χ2v) is 15.5. The second-order valence-electron chi connectivity index (χ2n) is 14.4. The third-order valence-corrected chi connectivity index (χ3v) is 12.3. The van der Waals surface area contributed by atoms with Crippen LogP contribution in [0.2, 0.25) is 0 Å². The first-order chi connectivity index (χ1) is 28.3. The van der Waals surface area contributed by atoms with E-state index in [4.69, 9.17) is 15.0 Å². The summed E-state index contributed by atoms with van der Waals surface area (Å²) in [5, 5.41) is 7.25. The van der Waals surface area contributed by atoms with E-state index in [0.29, 0.717) is 17.6 Å². The number of rotatable bonds is 5. The molecule has 0 aliphatic heterocycles. The minimum Gasteiger partial charge on any atom is -0.309 e. The molecule has 12 rings (SSSR count). The zero-order valence-corrected chi connectivity index (χ0v) is 31.4. The van der Waals surface area contributed by atoms with Gasteiger partial charge in [0.15, 0.2) is 11.6 Å². The van der Waals surface area contributed by atoms with E-state index in [9.17, 15) is 0 Å². The van der Waals surface area contributed by atoms with E-state index in [1.807, 2.05) is 47.7 Å². The topological polar surface area (TPSA) is 48.5 Å². The van der Waals surface area contributed by atoms with Crippen LogP contribution in [0.25, 0.3) is 109 Å². The Labute approximate surface area is 331 Å². The molecule has 266 valence electrons. The molecule has 12 aromatic rings. The molecule has 0 aliphatic rings. The van der Waals surface area contributed by atoms with Crippen molar-refractivity contribution in [3.05, 3.63) is 188 Å². The summed E-state index contributed by atoms with van der Waals surface area (Å²) in [6, 6.07) is 66.5. The molecular weight excluding hydrogens is 715 g/mol. The first kappa shape index (κ1) is 31.9. The highest BCUT2D eigenvalue weighted by atomic mass is 32.1. The minimum absolute atomic E-state index is 0.592. The van der Waals surface area contributed by atoms with Gasteiger partial charge in [0.2, 0.25) is 5.95 Å². The van der Waals surface area contributed by atoms with Crippen molar-refractivity contribution in [3.63, 3.8) is 0 Å². The van der Waals surface area contributed by atoms with E-state index in [1.165, 1.54) is 53.1 Å². The van der Waals surface area contributed by atoms with E-state index in [0.717, 1.165) is 38.6 Å². The molecule has 0 saturated carbocycles. The normalized spacial score (nSPS) is 11.9. The summed E-state index contributed by atoms with van der Waals surface area (Å²) in [6.45, 7) is 0. The molecule has 0 atom stereocenters. The summed E-state index contributed by atoms with van der Waals surface area (Å²) in [5.74, 6) is 1.86. The lowest BCUT2D eigenvalue weighted by Gasteiger charge is -2.11. The number of hydrogen-bond acceptors (Lipinski definition) is 4. The van der Waals surface area contributed by atoms with Gasteiger partial charge >= 0.3 is 0 Å². The van der Waals surface area contributed by atoms with Crippen LogP contribution in [0.5, 0.6) is 0 Å². The molecule has 0 aliphatic carbocycles. The second kappa shape index (κ2) is 12.6. The summed E-state index contributed by atoms with van der Waals surface area (Å²) in [5.41, 5.74) is 9.93. The fourth-order valence-corrected chi connectivity index (χ4v) is 9.79. The van der Waals surface area contributed by atoms with Gasteiger partial charge in [-0.25, -0.2) is 4.98 Å². The lowest BCUT2D eigenvalue weighted by molar-refractivity contribution is 0.955. The first-order valence-corrected chi connectivity index (χ1v) is 19.9. The molecular formula is C51H31N5S. The van der Waals surface area contributed by atoms with Gasteiger partial charge in [-0.15, -0.1) is 11.3 Å². The van der Waals surface area contributed by atoms with Gasteiger partial charge in [-0.1, -0.05) is 146 Å². The van der Waals surface area contributed by atoms with Gasteiger partial charge < -0.3 is 4.57 Å². The van der Waals surface area contributed by atoms with Crippen molar-refractivity contribution in [3.8, 4) is 45.5 Å². The highest BCUT2D eigenvalue weighted by Gasteiger charge is 2.24. The van der Waals surface area contributed by atoms with Crippen LogP contribution < -0.4 is 0 Å². The Morgan fingerprint density at radius 3 is 1.53 bits per heavy atom. The molecule has 4 heterocycles. The molecule has 0 unspecified atom stereocenters. The standard InChI is InChI=1S/C51H31N5S/c1-4-14-32(15-5-1)33-24-26-36(27-25-33)55-41-23-13-11-21-39(41)45-42(55)29-31-43-46(45)47-44(57-43)30-28-38-37-20-10-12-22-40(37)56(48(38)47)51-53-49(34-16-6-2-7-17-34)52-50(54-51)35-18-8-3-9-19-35/h1-31H. The average molecular weight is 746 g/mol. The van der Waals surface area contributed by atoms with Gasteiger partial charge in [0.25, 0.3) is 0 Å². The monoisotopic (exact) mass is 745 g/mol. The van der Waals surface area contributed by atoms with Crippen molar-refractivity contribution in [2.45, 2.75) is 0 Å². The van der Waals surface area contributed by atoms with Crippen LogP contribution in [-0.2, 0) is 0 Å². The van der Waals surface area contributed by atoms with Gasteiger partial charge in [0.1, 0.15) is 0 Å². The maximum atomic E-state index is 5.27. The lowest BCUT2D eigenvalue weighted by Crippen LogP contribution is -2.06. The number of para-hydroxylation sites is 2. The van der Waals surface area contributed by atoms with Gasteiger partial charge in [-0.2, -0.15) is 9.97 Å². The van der Waals surface area contributed by atoms with Crippen molar-refractivity contribution in [2.24, 2.45) is 0 Å². The highest BCUT2D eigenvalue weighted by molar-refractivity contribution is 7.26. The highest BCUT2D eigenvalue weighted by Crippen LogP contribution is 2.47. The smallest absolute Gasteiger partial charge is 0.238 e. The van der Waals surface area contributed by atoms with Crippen LogP contribution in [0.1, 0.15) is 0 Å². The van der Waals surface area contributed by atoms with Crippen molar-refractivity contribution in [1.29, 1.82) is 0 Å². The number of benzene rings is 8. The van der Waals surface area contributed by atoms with E-state index < -0.39 is 0 Å². The molecule has 57 heavy (non-hydrogen) atoms. The fourth-order valence-electron chi connectivity index (χ4n) is 8.68. The van der Waals surface area contributed by atoms with E-state index in [1.54, 1.807) is 0 Å². The molecule has 0 bridgehead atoms. The van der Waals surface area contributed by atoms with Crippen LogP contribution in [0, 0.1) is 0 Å². The largest absolute Gasteiger partial charge is 0.309 e.